The molecule has 2 aliphatic rings. The maximum atomic E-state index is 6.08. The Kier molecular flexibility index (Phi) is 5.33. The predicted octanol–water partition coefficient (Wildman–Crippen LogP) is 1.65. The van der Waals surface area contributed by atoms with Crippen LogP contribution in [0.5, 0.6) is 11.5 Å². The number of hydrogen-bond donors (Lipinski definition) is 2. The van der Waals surface area contributed by atoms with E-state index in [1.165, 1.54) is 17.6 Å². The first-order valence-corrected chi connectivity index (χ1v) is 9.71. The van der Waals surface area contributed by atoms with E-state index >= 15 is 0 Å². The molecule has 1 fully saturated rings. The normalized spacial score (nSPS) is 20.6. The van der Waals surface area contributed by atoms with Crippen molar-refractivity contribution in [1.82, 2.24) is 19.8 Å². The molecular formula is C19H28N6O2. The molecule has 1 aromatic heterocycles. The Labute approximate surface area is 159 Å². The van der Waals surface area contributed by atoms with E-state index in [9.17, 15) is 0 Å². The van der Waals surface area contributed by atoms with E-state index in [1.807, 2.05) is 31.2 Å². The minimum atomic E-state index is 0.110. The van der Waals surface area contributed by atoms with Crippen LogP contribution >= 0.6 is 0 Å². The van der Waals surface area contributed by atoms with Crippen LogP contribution in [0.2, 0.25) is 0 Å². The number of rotatable bonds is 6. The Morgan fingerprint density at radius 3 is 2.74 bits per heavy atom. The van der Waals surface area contributed by atoms with Gasteiger partial charge in [0, 0.05) is 13.1 Å². The fourth-order valence-corrected chi connectivity index (χ4v) is 3.76. The highest BCUT2D eigenvalue weighted by Crippen LogP contribution is 2.31. The van der Waals surface area contributed by atoms with Gasteiger partial charge in [-0.05, 0) is 57.3 Å². The molecule has 0 radical (unpaired) electrons. The molecule has 4 rings (SSSR count). The fraction of sp³-hybridized carbons (Fsp3) is 0.579. The number of anilines is 1. The number of ether oxygens (including phenoxy) is 2. The van der Waals surface area contributed by atoms with Crippen molar-refractivity contribution in [2.24, 2.45) is 5.92 Å². The number of hydrogen-bond acceptors (Lipinski definition) is 7. The average molecular weight is 372 g/mol. The van der Waals surface area contributed by atoms with Crippen molar-refractivity contribution in [3.63, 3.8) is 0 Å². The van der Waals surface area contributed by atoms with E-state index in [0.29, 0.717) is 18.4 Å². The van der Waals surface area contributed by atoms with Gasteiger partial charge in [0.2, 0.25) is 5.95 Å². The second-order valence-electron chi connectivity index (χ2n) is 7.38. The van der Waals surface area contributed by atoms with Crippen LogP contribution in [0.3, 0.4) is 0 Å². The molecule has 146 valence electrons. The highest BCUT2D eigenvalue weighted by Gasteiger charge is 2.26. The zero-order valence-corrected chi connectivity index (χ0v) is 15.8. The lowest BCUT2D eigenvalue weighted by Crippen LogP contribution is -2.44. The number of nitrogens with one attached hydrogen (secondary N) is 1. The Morgan fingerprint density at radius 1 is 1.22 bits per heavy atom. The number of nitrogens with zero attached hydrogens (tertiary/aromatic N) is 4. The molecule has 0 amide bonds. The first-order chi connectivity index (χ1) is 13.2. The largest absolute Gasteiger partial charge is 0.486 e. The number of para-hydroxylation sites is 2. The molecule has 1 atom stereocenters. The molecule has 3 N–H and O–H groups in total. The third kappa shape index (κ3) is 4.44. The Hall–Kier alpha value is -2.48. The number of aromatic nitrogens is 3. The summed E-state index contributed by atoms with van der Waals surface area (Å²) in [6.07, 6.45) is 3.66. The molecule has 0 spiro atoms. The van der Waals surface area contributed by atoms with Crippen molar-refractivity contribution in [1.29, 1.82) is 0 Å². The van der Waals surface area contributed by atoms with E-state index in [1.54, 1.807) is 0 Å². The lowest BCUT2D eigenvalue weighted by molar-refractivity contribution is 0.0474. The second-order valence-corrected chi connectivity index (χ2v) is 7.38. The number of nitrogens with two attached hydrogens (primary N) is 1. The van der Waals surface area contributed by atoms with Crippen LogP contribution in [0, 0.1) is 12.8 Å². The summed E-state index contributed by atoms with van der Waals surface area (Å²) in [7, 11) is 0. The summed E-state index contributed by atoms with van der Waals surface area (Å²) < 4.78 is 11.9. The van der Waals surface area contributed by atoms with Gasteiger partial charge in [0.05, 0.1) is 0 Å². The average Bonchev–Trinajstić information content (AvgIpc) is 3.00. The molecule has 1 saturated heterocycles. The Morgan fingerprint density at radius 2 is 2.00 bits per heavy atom. The molecule has 0 saturated carbocycles. The van der Waals surface area contributed by atoms with Crippen LogP contribution in [0.1, 0.15) is 25.1 Å². The highest BCUT2D eigenvalue weighted by molar-refractivity contribution is 5.40. The summed E-state index contributed by atoms with van der Waals surface area (Å²) in [5.74, 6) is 9.42. The van der Waals surface area contributed by atoms with Crippen molar-refractivity contribution < 1.29 is 9.47 Å². The van der Waals surface area contributed by atoms with E-state index in [0.717, 1.165) is 50.0 Å². The minimum absolute atomic E-state index is 0.110. The Bertz CT molecular complexity index is 737. The number of piperidine rings is 1. The molecule has 3 heterocycles. The maximum Gasteiger partial charge on any atom is 0.244 e. The van der Waals surface area contributed by atoms with Gasteiger partial charge in [0.1, 0.15) is 18.5 Å². The highest BCUT2D eigenvalue weighted by atomic mass is 16.6. The predicted molar refractivity (Wildman–Crippen MR) is 104 cm³/mol. The van der Waals surface area contributed by atoms with Crippen molar-refractivity contribution in [3.8, 4) is 11.5 Å². The van der Waals surface area contributed by atoms with Crippen LogP contribution in [-0.2, 0) is 0 Å². The van der Waals surface area contributed by atoms with Gasteiger partial charge in [-0.1, -0.05) is 12.1 Å². The molecular weight excluding hydrogens is 344 g/mol. The lowest BCUT2D eigenvalue weighted by Gasteiger charge is -2.35. The molecule has 1 unspecified atom stereocenters. The van der Waals surface area contributed by atoms with E-state index < -0.39 is 0 Å². The zero-order valence-electron chi connectivity index (χ0n) is 15.8. The number of nitrogen functional groups attached to an aromatic ring is 1. The number of fused-ring (bicyclic) bond motifs is 1. The van der Waals surface area contributed by atoms with Gasteiger partial charge in [-0.3, -0.25) is 4.90 Å². The van der Waals surface area contributed by atoms with Gasteiger partial charge in [-0.25, -0.2) is 0 Å². The SMILES string of the molecule is Cc1nc(NCCC2CCN(CC3COc4ccccc4O3)CC2)nn1N. The molecule has 8 nitrogen and oxygen atoms in total. The summed E-state index contributed by atoms with van der Waals surface area (Å²) in [6, 6.07) is 7.89. The maximum absolute atomic E-state index is 6.08. The van der Waals surface area contributed by atoms with E-state index in [-0.39, 0.29) is 6.10 Å². The zero-order chi connectivity index (χ0) is 18.6. The smallest absolute Gasteiger partial charge is 0.244 e. The molecule has 2 aromatic rings. The van der Waals surface area contributed by atoms with Crippen molar-refractivity contribution in [2.75, 3.05) is 43.9 Å². The van der Waals surface area contributed by atoms with Crippen LogP contribution in [0.15, 0.2) is 24.3 Å². The third-order valence-electron chi connectivity index (χ3n) is 5.37. The van der Waals surface area contributed by atoms with Gasteiger partial charge in [0.25, 0.3) is 0 Å². The molecule has 0 aliphatic carbocycles. The van der Waals surface area contributed by atoms with E-state index in [2.05, 4.69) is 20.3 Å². The summed E-state index contributed by atoms with van der Waals surface area (Å²) in [5, 5.41) is 7.39. The van der Waals surface area contributed by atoms with Crippen molar-refractivity contribution in [3.05, 3.63) is 30.1 Å². The number of aryl methyl sites for hydroxylation is 1. The topological polar surface area (TPSA) is 90.5 Å². The summed E-state index contributed by atoms with van der Waals surface area (Å²) in [5.41, 5.74) is 0. The lowest BCUT2D eigenvalue weighted by atomic mass is 9.93. The number of likely N-dealkylation sites (tertiary alicyclic amines) is 1. The fourth-order valence-electron chi connectivity index (χ4n) is 3.76. The minimum Gasteiger partial charge on any atom is -0.486 e. The monoisotopic (exact) mass is 372 g/mol. The van der Waals surface area contributed by atoms with Gasteiger partial charge >= 0.3 is 0 Å². The van der Waals surface area contributed by atoms with Gasteiger partial charge < -0.3 is 20.6 Å². The summed E-state index contributed by atoms with van der Waals surface area (Å²) in [6.45, 7) is 6.50. The van der Waals surface area contributed by atoms with Crippen molar-refractivity contribution in [2.45, 2.75) is 32.3 Å². The van der Waals surface area contributed by atoms with Crippen molar-refractivity contribution >= 4 is 5.95 Å². The molecule has 27 heavy (non-hydrogen) atoms. The number of benzene rings is 1. The Balaban J connectivity index is 1.16. The van der Waals surface area contributed by atoms with E-state index in [4.69, 9.17) is 15.3 Å². The summed E-state index contributed by atoms with van der Waals surface area (Å²) >= 11 is 0. The summed E-state index contributed by atoms with van der Waals surface area (Å²) in [4.78, 5) is 8.06. The first kappa shape index (κ1) is 17.9. The third-order valence-corrected chi connectivity index (χ3v) is 5.37. The van der Waals surface area contributed by atoms with Gasteiger partial charge in [-0.15, -0.1) is 5.10 Å². The molecule has 2 aliphatic heterocycles. The quantitative estimate of drug-likeness (QED) is 0.745. The molecule has 1 aromatic carbocycles. The van der Waals surface area contributed by atoms with Crippen LogP contribution < -0.4 is 20.6 Å². The van der Waals surface area contributed by atoms with Crippen LogP contribution in [-0.4, -0.2) is 58.7 Å². The van der Waals surface area contributed by atoms with Crippen LogP contribution in [0.25, 0.3) is 0 Å². The molecule has 0 bridgehead atoms. The van der Waals surface area contributed by atoms with Crippen LogP contribution in [0.4, 0.5) is 5.95 Å². The standard InChI is InChI=1S/C19H28N6O2/c1-14-22-19(23-25(14)20)21-9-6-15-7-10-24(11-8-15)12-16-13-26-17-4-2-3-5-18(17)27-16/h2-5,15-16H,6-13,20H2,1H3,(H,21,23). The molecule has 8 heteroatoms. The first-order valence-electron chi connectivity index (χ1n) is 9.71. The van der Waals surface area contributed by atoms with Gasteiger partial charge in [-0.2, -0.15) is 9.77 Å². The second kappa shape index (κ2) is 8.04. The van der Waals surface area contributed by atoms with Gasteiger partial charge in [0.15, 0.2) is 11.5 Å².